The van der Waals surface area contributed by atoms with E-state index in [2.05, 4.69) is 28.4 Å². The number of amides is 2. The van der Waals surface area contributed by atoms with E-state index in [4.69, 9.17) is 11.2 Å². The van der Waals surface area contributed by atoms with Crippen molar-refractivity contribution in [3.05, 3.63) is 35.4 Å². The van der Waals surface area contributed by atoms with Crippen LogP contribution in [0.3, 0.4) is 0 Å². The molecule has 2 N–H and O–H groups in total. The van der Waals surface area contributed by atoms with E-state index >= 15 is 0 Å². The first-order valence-corrected chi connectivity index (χ1v) is 7.97. The maximum absolute atomic E-state index is 12.3. The molecule has 0 aliphatic heterocycles. The van der Waals surface area contributed by atoms with Crippen LogP contribution < -0.4 is 10.6 Å². The topological polar surface area (TPSA) is 84.5 Å². The summed E-state index contributed by atoms with van der Waals surface area (Å²) < 4.78 is 5.10. The average Bonchev–Trinajstić information content (AvgIpc) is 2.55. The summed E-state index contributed by atoms with van der Waals surface area (Å²) in [5.41, 5.74) is 0.386. The lowest BCUT2D eigenvalue weighted by Crippen LogP contribution is -2.48. The second kappa shape index (κ2) is 9.29. The molecule has 0 fully saturated rings. The Morgan fingerprint density at radius 2 is 1.81 bits per heavy atom. The van der Waals surface area contributed by atoms with Gasteiger partial charge in [-0.2, -0.15) is 0 Å². The summed E-state index contributed by atoms with van der Waals surface area (Å²) in [5, 5.41) is 5.06. The van der Waals surface area contributed by atoms with Crippen LogP contribution >= 0.6 is 0 Å². The molecule has 0 aliphatic carbocycles. The number of benzene rings is 1. The molecule has 136 valence electrons. The average molecular weight is 354 g/mol. The summed E-state index contributed by atoms with van der Waals surface area (Å²) >= 11 is 0. The van der Waals surface area contributed by atoms with Gasteiger partial charge in [-0.1, -0.05) is 5.92 Å². The molecule has 1 rings (SSSR count). The van der Waals surface area contributed by atoms with Gasteiger partial charge >= 0.3 is 6.09 Å². The normalized spacial score (nSPS) is 11.2. The van der Waals surface area contributed by atoms with Crippen molar-refractivity contribution in [1.82, 2.24) is 10.6 Å². The lowest BCUT2D eigenvalue weighted by atomic mass is 10.1. The molecule has 0 unspecified atom stereocenters. The molecule has 0 radical (unpaired) electrons. The third-order valence-electron chi connectivity index (χ3n) is 3.07. The van der Waals surface area contributed by atoms with Gasteiger partial charge in [-0.15, -0.1) is 6.42 Å². The Labute approximate surface area is 153 Å². The summed E-state index contributed by atoms with van der Waals surface area (Å²) in [5.74, 6) is 6.70. The van der Waals surface area contributed by atoms with E-state index in [-0.39, 0.29) is 12.3 Å². The predicted molar refractivity (Wildman–Crippen MR) is 98.3 cm³/mol. The molecular weight excluding hydrogens is 332 g/mol. The van der Waals surface area contributed by atoms with Crippen LogP contribution in [0.2, 0.25) is 0 Å². The van der Waals surface area contributed by atoms with Crippen LogP contribution in [0.5, 0.6) is 0 Å². The number of terminal acetylenes is 1. The van der Waals surface area contributed by atoms with Crippen molar-refractivity contribution < 1.29 is 19.1 Å². The third kappa shape index (κ3) is 7.55. The zero-order chi connectivity index (χ0) is 19.7. The number of ether oxygens (including phenoxy) is 1. The lowest BCUT2D eigenvalue weighted by Gasteiger charge is -2.21. The fraction of sp³-hybridized carbons (Fsp3) is 0.350. The van der Waals surface area contributed by atoms with Crippen molar-refractivity contribution in [2.24, 2.45) is 0 Å². The molecule has 0 aromatic heterocycles. The molecule has 6 heteroatoms. The van der Waals surface area contributed by atoms with Gasteiger partial charge in [-0.05, 0) is 63.8 Å². The number of alkyl carbamates (subject to hydrolysis) is 1. The van der Waals surface area contributed by atoms with Crippen molar-refractivity contribution in [2.75, 3.05) is 6.54 Å². The van der Waals surface area contributed by atoms with Crippen LogP contribution in [0, 0.1) is 24.2 Å². The van der Waals surface area contributed by atoms with Crippen LogP contribution in [0.1, 0.15) is 43.6 Å². The van der Waals surface area contributed by atoms with E-state index in [0.29, 0.717) is 11.1 Å². The highest BCUT2D eigenvalue weighted by Gasteiger charge is 2.21. The number of carbonyl (C=O) groups excluding carboxylic acids is 3. The first-order chi connectivity index (χ1) is 12.1. The van der Waals surface area contributed by atoms with E-state index in [1.54, 1.807) is 45.0 Å². The maximum atomic E-state index is 12.3. The van der Waals surface area contributed by atoms with Crippen LogP contribution in [0.15, 0.2) is 24.3 Å². The van der Waals surface area contributed by atoms with Crippen LogP contribution in [-0.4, -0.2) is 36.0 Å². The number of nitrogens with one attached hydrogen (secondary N) is 2. The summed E-state index contributed by atoms with van der Waals surface area (Å²) in [7, 11) is 0. The zero-order valence-corrected chi connectivity index (χ0v) is 15.3. The molecule has 1 aromatic rings. The lowest BCUT2D eigenvalue weighted by molar-refractivity contribution is -0.118. The molecule has 2 amide bonds. The van der Waals surface area contributed by atoms with E-state index in [9.17, 15) is 14.4 Å². The van der Waals surface area contributed by atoms with Crippen LogP contribution in [0.25, 0.3) is 0 Å². The molecule has 0 spiro atoms. The summed E-state index contributed by atoms with van der Waals surface area (Å²) in [6.45, 7) is 6.46. The number of carbonyl (C=O) groups is 3. The smallest absolute Gasteiger partial charge is 0.407 e. The van der Waals surface area contributed by atoms with E-state index in [1.165, 1.54) is 6.92 Å². The minimum absolute atomic E-state index is 0.0677. The predicted octanol–water partition coefficient (Wildman–Crippen LogP) is 1.88. The highest BCUT2D eigenvalue weighted by molar-refractivity contribution is 5.97. The number of hydrogen-bond donors (Lipinski definition) is 2. The number of rotatable bonds is 5. The van der Waals surface area contributed by atoms with Gasteiger partial charge in [0.2, 0.25) is 0 Å². The molecule has 0 bridgehead atoms. The van der Waals surface area contributed by atoms with Gasteiger partial charge < -0.3 is 15.4 Å². The van der Waals surface area contributed by atoms with Crippen molar-refractivity contribution >= 4 is 17.8 Å². The largest absolute Gasteiger partial charge is 0.444 e. The number of Topliss-reactive ketones (excluding diaryl/α,β-unsaturated/α-hetero) is 1. The Morgan fingerprint density at radius 1 is 1.19 bits per heavy atom. The monoisotopic (exact) mass is 354 g/mol. The Morgan fingerprint density at radius 3 is 2.31 bits per heavy atom. The minimum atomic E-state index is -0.865. The van der Waals surface area contributed by atoms with Gasteiger partial charge in [0, 0.05) is 17.7 Å². The van der Waals surface area contributed by atoms with E-state index < -0.39 is 23.6 Å². The zero-order valence-electron chi connectivity index (χ0n) is 15.3. The third-order valence-corrected chi connectivity index (χ3v) is 3.07. The van der Waals surface area contributed by atoms with E-state index in [1.807, 2.05) is 0 Å². The Balaban J connectivity index is 2.69. The number of hydrogen-bond acceptors (Lipinski definition) is 4. The molecule has 1 atom stereocenters. The SMILES string of the molecule is C#CC#Cc1ccc(C(=O)N[C@@H](CNC(=O)OC(C)(C)C)C(C)=O)cc1. The molecule has 0 aliphatic rings. The quantitative estimate of drug-likeness (QED) is 0.791. The summed E-state index contributed by atoms with van der Waals surface area (Å²) in [4.78, 5) is 35.7. The first-order valence-electron chi connectivity index (χ1n) is 7.97. The van der Waals surface area contributed by atoms with Gasteiger partial charge in [0.25, 0.3) is 5.91 Å². The molecule has 0 saturated heterocycles. The fourth-order valence-electron chi connectivity index (χ4n) is 1.85. The van der Waals surface area contributed by atoms with Crippen molar-refractivity contribution in [3.8, 4) is 24.2 Å². The van der Waals surface area contributed by atoms with Crippen molar-refractivity contribution in [2.45, 2.75) is 39.3 Å². The van der Waals surface area contributed by atoms with Crippen LogP contribution in [-0.2, 0) is 9.53 Å². The summed E-state index contributed by atoms with van der Waals surface area (Å²) in [6.07, 6.45) is 4.40. The Kier molecular flexibility index (Phi) is 7.43. The first kappa shape index (κ1) is 20.8. The second-order valence-electron chi connectivity index (χ2n) is 6.49. The van der Waals surface area contributed by atoms with Gasteiger partial charge in [0.15, 0.2) is 5.78 Å². The molecule has 0 saturated carbocycles. The van der Waals surface area contributed by atoms with Crippen molar-refractivity contribution in [3.63, 3.8) is 0 Å². The fourth-order valence-corrected chi connectivity index (χ4v) is 1.85. The highest BCUT2D eigenvalue weighted by Crippen LogP contribution is 2.07. The summed E-state index contributed by atoms with van der Waals surface area (Å²) in [6, 6.07) is 5.60. The van der Waals surface area contributed by atoms with E-state index in [0.717, 1.165) is 0 Å². The molecular formula is C20H22N2O4. The Bertz CT molecular complexity index is 771. The number of ketones is 1. The maximum Gasteiger partial charge on any atom is 0.407 e. The standard InChI is InChI=1S/C20H22N2O4/c1-6-7-8-15-9-11-16(12-10-15)18(24)22-17(14(2)23)13-21-19(25)26-20(3,4)5/h1,9-12,17H,13H2,2-5H3,(H,21,25)(H,22,24)/t17-/m0/s1. The van der Waals surface area contributed by atoms with Crippen molar-refractivity contribution in [1.29, 1.82) is 0 Å². The molecule has 1 aromatic carbocycles. The minimum Gasteiger partial charge on any atom is -0.444 e. The highest BCUT2D eigenvalue weighted by atomic mass is 16.6. The molecule has 0 heterocycles. The molecule has 26 heavy (non-hydrogen) atoms. The molecule has 6 nitrogen and oxygen atoms in total. The van der Waals surface area contributed by atoms with Gasteiger partial charge in [-0.25, -0.2) is 4.79 Å². The van der Waals surface area contributed by atoms with Gasteiger partial charge in [0.05, 0.1) is 0 Å². The second-order valence-corrected chi connectivity index (χ2v) is 6.49. The van der Waals surface area contributed by atoms with Gasteiger partial charge in [0.1, 0.15) is 11.6 Å². The van der Waals surface area contributed by atoms with Gasteiger partial charge in [-0.3, -0.25) is 9.59 Å². The Hall–Kier alpha value is -3.25. The van der Waals surface area contributed by atoms with Crippen LogP contribution in [0.4, 0.5) is 4.79 Å².